The predicted octanol–water partition coefficient (Wildman–Crippen LogP) is 2.44. The first-order valence-corrected chi connectivity index (χ1v) is 5.05. The molecule has 1 fully saturated rings. The Morgan fingerprint density at radius 1 is 1.38 bits per heavy atom. The quantitative estimate of drug-likeness (QED) is 0.795. The molecule has 70 valence electrons. The van der Waals surface area contributed by atoms with Crippen molar-refractivity contribution in [3.05, 3.63) is 27.7 Å². The Kier molecular flexibility index (Phi) is 1.89. The summed E-state index contributed by atoms with van der Waals surface area (Å²) in [6.07, 6.45) is 1.49. The smallest absolute Gasteiger partial charge is 0.136 e. The van der Waals surface area contributed by atoms with Gasteiger partial charge in [0, 0.05) is 5.56 Å². The third-order valence-electron chi connectivity index (χ3n) is 2.53. The third-order valence-corrected chi connectivity index (χ3v) is 3.54. The standard InChI is InChI=1S/C10H11BrO2/c1-6-2-3-7(9(12)8(6)11)10(13)4-5-10/h2-3,12-13H,4-5H2,1H3. The molecule has 1 saturated carbocycles. The van der Waals surface area contributed by atoms with E-state index >= 15 is 0 Å². The molecule has 0 atom stereocenters. The first-order valence-electron chi connectivity index (χ1n) is 4.25. The van der Waals surface area contributed by atoms with Crippen molar-refractivity contribution in [2.75, 3.05) is 0 Å². The van der Waals surface area contributed by atoms with Crippen LogP contribution in [-0.2, 0) is 5.60 Å². The molecule has 2 rings (SSSR count). The minimum absolute atomic E-state index is 0.181. The van der Waals surface area contributed by atoms with Gasteiger partial charge in [0.05, 0.1) is 10.1 Å². The highest BCUT2D eigenvalue weighted by molar-refractivity contribution is 9.10. The van der Waals surface area contributed by atoms with Gasteiger partial charge >= 0.3 is 0 Å². The maximum absolute atomic E-state index is 9.82. The van der Waals surface area contributed by atoms with Gasteiger partial charge in [-0.3, -0.25) is 0 Å². The van der Waals surface area contributed by atoms with E-state index in [-0.39, 0.29) is 5.75 Å². The van der Waals surface area contributed by atoms with Crippen LogP contribution in [0.2, 0.25) is 0 Å². The second-order valence-corrected chi connectivity index (χ2v) is 4.42. The summed E-state index contributed by atoms with van der Waals surface area (Å²) in [5.41, 5.74) is 0.857. The van der Waals surface area contributed by atoms with Crippen molar-refractivity contribution in [3.63, 3.8) is 0 Å². The highest BCUT2D eigenvalue weighted by atomic mass is 79.9. The Morgan fingerprint density at radius 2 is 2.00 bits per heavy atom. The molecule has 13 heavy (non-hydrogen) atoms. The fraction of sp³-hybridized carbons (Fsp3) is 0.400. The molecule has 0 unspecified atom stereocenters. The van der Waals surface area contributed by atoms with E-state index in [1.54, 1.807) is 6.07 Å². The van der Waals surface area contributed by atoms with Crippen molar-refractivity contribution in [1.29, 1.82) is 0 Å². The Labute approximate surface area is 85.3 Å². The number of halogens is 1. The number of aliphatic hydroxyl groups is 1. The van der Waals surface area contributed by atoms with E-state index in [9.17, 15) is 10.2 Å². The Balaban J connectivity index is 2.54. The highest BCUT2D eigenvalue weighted by Crippen LogP contribution is 2.50. The van der Waals surface area contributed by atoms with Gasteiger partial charge in [0.1, 0.15) is 5.75 Å². The Hall–Kier alpha value is -0.540. The number of hydrogen-bond donors (Lipinski definition) is 2. The fourth-order valence-corrected chi connectivity index (χ4v) is 1.77. The lowest BCUT2D eigenvalue weighted by molar-refractivity contribution is 0.147. The maximum Gasteiger partial charge on any atom is 0.136 e. The molecule has 0 aromatic heterocycles. The van der Waals surface area contributed by atoms with Gasteiger partial charge in [-0.1, -0.05) is 12.1 Å². The number of aryl methyl sites for hydroxylation is 1. The maximum atomic E-state index is 9.82. The Bertz CT molecular complexity index is 356. The third kappa shape index (κ3) is 1.36. The van der Waals surface area contributed by atoms with Crippen molar-refractivity contribution in [2.45, 2.75) is 25.4 Å². The van der Waals surface area contributed by atoms with Crippen molar-refractivity contribution < 1.29 is 10.2 Å². The summed E-state index contributed by atoms with van der Waals surface area (Å²) >= 11 is 3.29. The molecular weight excluding hydrogens is 232 g/mol. The number of phenolic OH excluding ortho intramolecular Hbond substituents is 1. The van der Waals surface area contributed by atoms with E-state index in [1.807, 2.05) is 13.0 Å². The summed E-state index contributed by atoms with van der Waals surface area (Å²) in [5, 5.41) is 19.6. The molecule has 1 aliphatic rings. The molecule has 0 saturated heterocycles. The van der Waals surface area contributed by atoms with Gasteiger partial charge in [0.25, 0.3) is 0 Å². The normalized spacial score (nSPS) is 18.7. The molecular formula is C10H11BrO2. The monoisotopic (exact) mass is 242 g/mol. The summed E-state index contributed by atoms with van der Waals surface area (Å²) in [5.74, 6) is 0.181. The zero-order chi connectivity index (χ0) is 9.64. The van der Waals surface area contributed by atoms with Crippen LogP contribution >= 0.6 is 15.9 Å². The largest absolute Gasteiger partial charge is 0.506 e. The van der Waals surface area contributed by atoms with Crippen molar-refractivity contribution in [3.8, 4) is 5.75 Å². The summed E-state index contributed by atoms with van der Waals surface area (Å²) in [6, 6.07) is 3.69. The number of aromatic hydroxyl groups is 1. The molecule has 0 radical (unpaired) electrons. The van der Waals surface area contributed by atoms with Gasteiger partial charge < -0.3 is 10.2 Å². The van der Waals surface area contributed by atoms with Gasteiger partial charge in [-0.15, -0.1) is 0 Å². The molecule has 0 spiro atoms. The average Bonchev–Trinajstić information content (AvgIpc) is 2.80. The van der Waals surface area contributed by atoms with Crippen LogP contribution < -0.4 is 0 Å². The summed E-state index contributed by atoms with van der Waals surface area (Å²) in [6.45, 7) is 1.91. The second-order valence-electron chi connectivity index (χ2n) is 3.62. The molecule has 1 aliphatic carbocycles. The van der Waals surface area contributed by atoms with Crippen LogP contribution in [-0.4, -0.2) is 10.2 Å². The predicted molar refractivity (Wildman–Crippen MR) is 53.7 cm³/mol. The van der Waals surface area contributed by atoms with Gasteiger partial charge in [-0.2, -0.15) is 0 Å². The average molecular weight is 243 g/mol. The molecule has 3 heteroatoms. The summed E-state index contributed by atoms with van der Waals surface area (Å²) in [4.78, 5) is 0. The minimum Gasteiger partial charge on any atom is -0.506 e. The minimum atomic E-state index is -0.764. The fourth-order valence-electron chi connectivity index (χ4n) is 1.43. The van der Waals surface area contributed by atoms with E-state index < -0.39 is 5.60 Å². The molecule has 0 amide bonds. The zero-order valence-corrected chi connectivity index (χ0v) is 8.93. The van der Waals surface area contributed by atoms with Crippen molar-refractivity contribution in [2.24, 2.45) is 0 Å². The molecule has 2 nitrogen and oxygen atoms in total. The van der Waals surface area contributed by atoms with Gasteiger partial charge in [0.15, 0.2) is 0 Å². The van der Waals surface area contributed by atoms with Gasteiger partial charge in [0.2, 0.25) is 0 Å². The topological polar surface area (TPSA) is 40.5 Å². The molecule has 0 heterocycles. The van der Waals surface area contributed by atoms with Gasteiger partial charge in [-0.25, -0.2) is 0 Å². The first-order chi connectivity index (χ1) is 6.04. The summed E-state index contributed by atoms with van der Waals surface area (Å²) in [7, 11) is 0. The molecule has 1 aromatic carbocycles. The Morgan fingerprint density at radius 3 is 2.54 bits per heavy atom. The highest BCUT2D eigenvalue weighted by Gasteiger charge is 2.44. The van der Waals surface area contributed by atoms with Crippen LogP contribution in [0.15, 0.2) is 16.6 Å². The second kappa shape index (κ2) is 2.72. The molecule has 2 N–H and O–H groups in total. The number of phenols is 1. The number of hydrogen-bond acceptors (Lipinski definition) is 2. The van der Waals surface area contributed by atoms with Crippen LogP contribution in [0.25, 0.3) is 0 Å². The van der Waals surface area contributed by atoms with Crippen LogP contribution in [0.3, 0.4) is 0 Å². The van der Waals surface area contributed by atoms with Crippen LogP contribution in [0.4, 0.5) is 0 Å². The number of rotatable bonds is 1. The van der Waals surface area contributed by atoms with Crippen molar-refractivity contribution >= 4 is 15.9 Å². The lowest BCUT2D eigenvalue weighted by Crippen LogP contribution is -2.04. The molecule has 0 bridgehead atoms. The lowest BCUT2D eigenvalue weighted by atomic mass is 10.0. The SMILES string of the molecule is Cc1ccc(C2(O)CC2)c(O)c1Br. The van der Waals surface area contributed by atoms with Crippen molar-refractivity contribution in [1.82, 2.24) is 0 Å². The summed E-state index contributed by atoms with van der Waals surface area (Å²) < 4.78 is 0.685. The van der Waals surface area contributed by atoms with Crippen LogP contribution in [0.1, 0.15) is 24.0 Å². The first kappa shape index (κ1) is 9.03. The van der Waals surface area contributed by atoms with Crippen LogP contribution in [0.5, 0.6) is 5.75 Å². The van der Waals surface area contributed by atoms with E-state index in [1.165, 1.54) is 0 Å². The molecule has 0 aliphatic heterocycles. The molecule has 1 aromatic rings. The van der Waals surface area contributed by atoms with E-state index in [0.29, 0.717) is 10.0 Å². The lowest BCUT2D eigenvalue weighted by Gasteiger charge is -2.12. The van der Waals surface area contributed by atoms with E-state index in [4.69, 9.17) is 0 Å². The van der Waals surface area contributed by atoms with Gasteiger partial charge in [-0.05, 0) is 41.3 Å². The van der Waals surface area contributed by atoms with Crippen LogP contribution in [0, 0.1) is 6.92 Å². The van der Waals surface area contributed by atoms with E-state index in [2.05, 4.69) is 15.9 Å². The zero-order valence-electron chi connectivity index (χ0n) is 7.34. The van der Waals surface area contributed by atoms with E-state index in [0.717, 1.165) is 18.4 Å². The number of benzene rings is 1.